The van der Waals surface area contributed by atoms with Crippen molar-refractivity contribution in [3.8, 4) is 79.2 Å². The minimum atomic E-state index is 0.593. The van der Waals surface area contributed by atoms with Crippen LogP contribution in [0.3, 0.4) is 0 Å². The van der Waals surface area contributed by atoms with Crippen molar-refractivity contribution in [2.24, 2.45) is 0 Å². The van der Waals surface area contributed by atoms with Gasteiger partial charge in [-0.1, -0.05) is 152 Å². The van der Waals surface area contributed by atoms with Crippen molar-refractivity contribution in [2.75, 3.05) is 0 Å². The zero-order valence-electron chi connectivity index (χ0n) is 29.5. The highest BCUT2D eigenvalue weighted by atomic mass is 32.1. The Morgan fingerprint density at radius 2 is 0.691 bits per heavy atom. The Balaban J connectivity index is 1.09. The fourth-order valence-corrected chi connectivity index (χ4v) is 8.04. The van der Waals surface area contributed by atoms with Gasteiger partial charge in [-0.2, -0.15) is 0 Å². The quantitative estimate of drug-likeness (QED) is 0.164. The van der Waals surface area contributed by atoms with Crippen LogP contribution in [0, 0.1) is 0 Å². The number of rotatable bonds is 7. The molecule has 258 valence electrons. The van der Waals surface area contributed by atoms with E-state index >= 15 is 0 Å². The summed E-state index contributed by atoms with van der Waals surface area (Å²) in [6.45, 7) is 0. The summed E-state index contributed by atoms with van der Waals surface area (Å²) >= 11 is 1.80. The van der Waals surface area contributed by atoms with E-state index in [0.717, 1.165) is 50.3 Å². The second-order valence-electron chi connectivity index (χ2n) is 13.3. The molecule has 10 aromatic rings. The Labute approximate surface area is 322 Å². The van der Waals surface area contributed by atoms with Gasteiger partial charge in [0.25, 0.3) is 0 Å². The van der Waals surface area contributed by atoms with Crippen LogP contribution in [0.2, 0.25) is 0 Å². The molecule has 0 aliphatic rings. The van der Waals surface area contributed by atoms with Crippen molar-refractivity contribution in [3.05, 3.63) is 188 Å². The average molecular weight is 722 g/mol. The van der Waals surface area contributed by atoms with Gasteiger partial charge in [0, 0.05) is 53.6 Å². The van der Waals surface area contributed by atoms with Crippen LogP contribution in [0.5, 0.6) is 0 Å². The SMILES string of the molecule is c1ccc(-c2ccc(-c3nc(-c4ccccc4)cc(-c4cccc(-c5nc(-c6ccccc6)nc(-c6ccc7sc8ccccc8c7c6)n5)c4)n3)cc2)cc1. The van der Waals surface area contributed by atoms with E-state index in [4.69, 9.17) is 24.9 Å². The van der Waals surface area contributed by atoms with Crippen molar-refractivity contribution in [1.82, 2.24) is 24.9 Å². The van der Waals surface area contributed by atoms with Gasteiger partial charge < -0.3 is 0 Å². The zero-order valence-corrected chi connectivity index (χ0v) is 30.4. The van der Waals surface area contributed by atoms with Crippen LogP contribution in [0.1, 0.15) is 0 Å². The minimum Gasteiger partial charge on any atom is -0.228 e. The molecule has 3 aromatic heterocycles. The lowest BCUT2D eigenvalue weighted by molar-refractivity contribution is 1.07. The minimum absolute atomic E-state index is 0.593. The molecular formula is C49H31N5S. The molecule has 55 heavy (non-hydrogen) atoms. The lowest BCUT2D eigenvalue weighted by Gasteiger charge is -2.12. The van der Waals surface area contributed by atoms with E-state index in [0.29, 0.717) is 23.3 Å². The Kier molecular flexibility index (Phi) is 8.28. The van der Waals surface area contributed by atoms with E-state index in [9.17, 15) is 0 Å². The third-order valence-electron chi connectivity index (χ3n) is 9.76. The standard InChI is InChI=1S/C49H31N5S/c1-4-13-32(14-5-1)33-23-25-36(26-24-33)46-50-42(34-15-6-2-7-16-34)31-43(51-46)37-19-12-20-38(29-37)48-52-47(35-17-8-3-9-18-35)53-49(54-48)39-27-28-45-41(30-39)40-21-10-11-22-44(40)55-45/h1-31H. The molecule has 0 radical (unpaired) electrons. The van der Waals surface area contributed by atoms with Crippen molar-refractivity contribution < 1.29 is 0 Å². The first-order chi connectivity index (χ1) is 27.2. The van der Waals surface area contributed by atoms with Crippen LogP contribution in [0.25, 0.3) is 99.4 Å². The van der Waals surface area contributed by atoms with Crippen LogP contribution >= 0.6 is 11.3 Å². The van der Waals surface area contributed by atoms with Gasteiger partial charge in [0.15, 0.2) is 23.3 Å². The summed E-state index contributed by atoms with van der Waals surface area (Å²) in [7, 11) is 0. The van der Waals surface area contributed by atoms with Crippen molar-refractivity contribution in [1.29, 1.82) is 0 Å². The zero-order chi connectivity index (χ0) is 36.6. The summed E-state index contributed by atoms with van der Waals surface area (Å²) in [6, 6.07) is 64.6. The third kappa shape index (κ3) is 6.45. The van der Waals surface area contributed by atoms with Crippen molar-refractivity contribution in [2.45, 2.75) is 0 Å². The molecule has 6 heteroatoms. The molecule has 0 fully saturated rings. The molecule has 0 N–H and O–H groups in total. The molecule has 0 atom stereocenters. The van der Waals surface area contributed by atoms with Gasteiger partial charge >= 0.3 is 0 Å². The molecule has 0 amide bonds. The maximum atomic E-state index is 5.15. The molecule has 7 aromatic carbocycles. The molecule has 10 rings (SSSR count). The van der Waals surface area contributed by atoms with E-state index in [1.165, 1.54) is 25.7 Å². The number of hydrogen-bond acceptors (Lipinski definition) is 6. The van der Waals surface area contributed by atoms with E-state index < -0.39 is 0 Å². The van der Waals surface area contributed by atoms with Gasteiger partial charge in [0.2, 0.25) is 0 Å². The fraction of sp³-hybridized carbons (Fsp3) is 0. The largest absolute Gasteiger partial charge is 0.228 e. The summed E-state index contributed by atoms with van der Waals surface area (Å²) in [4.78, 5) is 25.4. The van der Waals surface area contributed by atoms with Crippen molar-refractivity contribution in [3.63, 3.8) is 0 Å². The van der Waals surface area contributed by atoms with Crippen LogP contribution in [-0.4, -0.2) is 24.9 Å². The third-order valence-corrected chi connectivity index (χ3v) is 10.9. The highest BCUT2D eigenvalue weighted by molar-refractivity contribution is 7.25. The number of nitrogens with zero attached hydrogens (tertiary/aromatic N) is 5. The normalized spacial score (nSPS) is 11.3. The molecule has 3 heterocycles. The second kappa shape index (κ2) is 14.0. The lowest BCUT2D eigenvalue weighted by atomic mass is 10.0. The Hall–Kier alpha value is -7.15. The fourth-order valence-electron chi connectivity index (χ4n) is 6.96. The summed E-state index contributed by atoms with van der Waals surface area (Å²) in [5.41, 5.74) is 9.62. The van der Waals surface area contributed by atoms with E-state index in [1.54, 1.807) is 11.3 Å². The summed E-state index contributed by atoms with van der Waals surface area (Å²) in [5, 5.41) is 2.44. The molecule has 5 nitrogen and oxygen atoms in total. The maximum Gasteiger partial charge on any atom is 0.164 e. The summed E-state index contributed by atoms with van der Waals surface area (Å²) in [6.07, 6.45) is 0. The van der Waals surface area contributed by atoms with Gasteiger partial charge in [-0.25, -0.2) is 24.9 Å². The van der Waals surface area contributed by atoms with Crippen LogP contribution in [-0.2, 0) is 0 Å². The lowest BCUT2D eigenvalue weighted by Crippen LogP contribution is -2.00. The molecule has 0 aliphatic carbocycles. The van der Waals surface area contributed by atoms with Crippen LogP contribution in [0.15, 0.2) is 188 Å². The first-order valence-corrected chi connectivity index (χ1v) is 19.0. The van der Waals surface area contributed by atoms with Gasteiger partial charge in [0.1, 0.15) is 0 Å². The number of thiophene rings is 1. The topological polar surface area (TPSA) is 64.5 Å². The number of aromatic nitrogens is 5. The summed E-state index contributed by atoms with van der Waals surface area (Å²) < 4.78 is 2.50. The Bertz CT molecular complexity index is 2960. The average Bonchev–Trinajstić information content (AvgIpc) is 3.65. The molecule has 0 spiro atoms. The number of hydrogen-bond donors (Lipinski definition) is 0. The molecule has 0 bridgehead atoms. The Morgan fingerprint density at radius 3 is 1.40 bits per heavy atom. The predicted octanol–water partition coefficient (Wildman–Crippen LogP) is 12.7. The van der Waals surface area contributed by atoms with E-state index in [2.05, 4.69) is 127 Å². The highest BCUT2D eigenvalue weighted by Gasteiger charge is 2.16. The van der Waals surface area contributed by atoms with Crippen molar-refractivity contribution >= 4 is 31.5 Å². The second-order valence-corrected chi connectivity index (χ2v) is 14.4. The van der Waals surface area contributed by atoms with Gasteiger partial charge in [-0.05, 0) is 47.5 Å². The predicted molar refractivity (Wildman–Crippen MR) is 226 cm³/mol. The maximum absolute atomic E-state index is 5.15. The number of fused-ring (bicyclic) bond motifs is 3. The summed E-state index contributed by atoms with van der Waals surface area (Å²) in [5.74, 6) is 2.50. The van der Waals surface area contributed by atoms with Crippen LogP contribution in [0.4, 0.5) is 0 Å². The van der Waals surface area contributed by atoms with Crippen LogP contribution < -0.4 is 0 Å². The smallest absolute Gasteiger partial charge is 0.164 e. The first kappa shape index (κ1) is 32.5. The molecule has 0 unspecified atom stereocenters. The first-order valence-electron chi connectivity index (χ1n) is 18.2. The van der Waals surface area contributed by atoms with Gasteiger partial charge in [-0.15, -0.1) is 11.3 Å². The number of benzene rings is 7. The monoisotopic (exact) mass is 721 g/mol. The van der Waals surface area contributed by atoms with Gasteiger partial charge in [-0.3, -0.25) is 0 Å². The van der Waals surface area contributed by atoms with E-state index in [-0.39, 0.29) is 0 Å². The Morgan fingerprint density at radius 1 is 0.255 bits per heavy atom. The molecule has 0 aliphatic heterocycles. The molecule has 0 saturated carbocycles. The van der Waals surface area contributed by atoms with E-state index in [1.807, 2.05) is 60.7 Å². The molecular weight excluding hydrogens is 691 g/mol. The highest BCUT2D eigenvalue weighted by Crippen LogP contribution is 2.37. The van der Waals surface area contributed by atoms with Gasteiger partial charge in [0.05, 0.1) is 11.4 Å². The molecule has 0 saturated heterocycles.